The van der Waals surface area contributed by atoms with Crippen molar-refractivity contribution in [2.75, 3.05) is 24.7 Å². The zero-order valence-corrected chi connectivity index (χ0v) is 24.8. The van der Waals surface area contributed by atoms with Crippen LogP contribution in [0.15, 0.2) is 67.8 Å². The topological polar surface area (TPSA) is 96.4 Å². The lowest BCUT2D eigenvalue weighted by Gasteiger charge is -2.41. The van der Waals surface area contributed by atoms with Crippen molar-refractivity contribution in [3.63, 3.8) is 0 Å². The summed E-state index contributed by atoms with van der Waals surface area (Å²) in [5.41, 5.74) is -1.45. The van der Waals surface area contributed by atoms with Crippen molar-refractivity contribution in [2.24, 2.45) is 17.8 Å². The first-order chi connectivity index (χ1) is 20.2. The summed E-state index contributed by atoms with van der Waals surface area (Å²) in [6.07, 6.45) is 5.34. The number of nitrogens with zero attached hydrogens (tertiary/aromatic N) is 2. The monoisotopic (exact) mass is 574 g/mol. The third kappa shape index (κ3) is 4.47. The van der Waals surface area contributed by atoms with E-state index in [1.54, 1.807) is 15.9 Å². The molecule has 1 spiro atoms. The molecule has 0 radical (unpaired) electrons. The Hall–Kier alpha value is -3.49. The molecule has 0 saturated carbocycles. The Morgan fingerprint density at radius 2 is 1.90 bits per heavy atom. The third-order valence-corrected chi connectivity index (χ3v) is 9.92. The summed E-state index contributed by atoms with van der Waals surface area (Å²) in [6.45, 7) is 13.4. The molecule has 5 rings (SSSR count). The van der Waals surface area contributed by atoms with Crippen molar-refractivity contribution in [2.45, 2.75) is 69.7 Å². The van der Waals surface area contributed by atoms with Crippen molar-refractivity contribution in [3.05, 3.63) is 67.8 Å². The molecular formula is C34H42N2O6. The normalized spacial score (nSPS) is 29.3. The first-order valence-corrected chi connectivity index (χ1v) is 15.0. The molecule has 1 N–H and O–H groups in total. The lowest BCUT2D eigenvalue weighted by atomic mass is 9.65. The minimum atomic E-state index is -1.22. The minimum Gasteiger partial charge on any atom is -0.461 e. The van der Waals surface area contributed by atoms with Crippen LogP contribution in [0, 0.1) is 17.8 Å². The van der Waals surface area contributed by atoms with E-state index in [4.69, 9.17) is 9.47 Å². The molecule has 2 aromatic carbocycles. The number of carbonyl (C=O) groups excluding carboxylic acids is 3. The highest BCUT2D eigenvalue weighted by atomic mass is 16.6. The molecule has 8 nitrogen and oxygen atoms in total. The quantitative estimate of drug-likeness (QED) is 0.293. The Morgan fingerprint density at radius 3 is 2.55 bits per heavy atom. The number of ether oxygens (including phenoxy) is 2. The van der Waals surface area contributed by atoms with Crippen LogP contribution in [-0.4, -0.2) is 70.8 Å². The van der Waals surface area contributed by atoms with Crippen LogP contribution in [0.3, 0.4) is 0 Å². The summed E-state index contributed by atoms with van der Waals surface area (Å²) >= 11 is 0. The first-order valence-electron chi connectivity index (χ1n) is 15.0. The number of rotatable bonds is 12. The van der Waals surface area contributed by atoms with Gasteiger partial charge in [-0.25, -0.2) is 0 Å². The molecule has 0 aromatic heterocycles. The van der Waals surface area contributed by atoms with Crippen LogP contribution in [0.25, 0.3) is 10.8 Å². The highest BCUT2D eigenvalue weighted by Gasteiger charge is 2.79. The number of benzene rings is 2. The molecular weight excluding hydrogens is 532 g/mol. The van der Waals surface area contributed by atoms with Gasteiger partial charge in [0.2, 0.25) is 5.91 Å². The number of hydrogen-bond donors (Lipinski definition) is 1. The minimum absolute atomic E-state index is 0.0241. The van der Waals surface area contributed by atoms with Gasteiger partial charge in [-0.3, -0.25) is 14.4 Å². The lowest BCUT2D eigenvalue weighted by Crippen LogP contribution is -2.60. The highest BCUT2D eigenvalue weighted by Crippen LogP contribution is 2.65. The second-order valence-corrected chi connectivity index (χ2v) is 11.9. The van der Waals surface area contributed by atoms with E-state index >= 15 is 0 Å². The SMILES string of the molecule is C=CCOC(=O)[C@@H]1[C@H]2C(=O)N([C@@H](CO)[C@@H](C)CC)C(C(=O)N(CC=C)c3ccc4ccccc4c3)C23CC[C@@]1(CC)O3. The number of hydrogen-bond acceptors (Lipinski definition) is 6. The Morgan fingerprint density at radius 1 is 1.17 bits per heavy atom. The van der Waals surface area contributed by atoms with Gasteiger partial charge in [-0.1, -0.05) is 76.3 Å². The second-order valence-electron chi connectivity index (χ2n) is 11.9. The van der Waals surface area contributed by atoms with Crippen LogP contribution in [0.5, 0.6) is 0 Å². The average molecular weight is 575 g/mol. The van der Waals surface area contributed by atoms with Crippen molar-refractivity contribution < 1.29 is 29.0 Å². The molecule has 2 bridgehead atoms. The van der Waals surface area contributed by atoms with Gasteiger partial charge in [-0.05, 0) is 48.1 Å². The summed E-state index contributed by atoms with van der Waals surface area (Å²) in [5.74, 6) is -2.99. The third-order valence-electron chi connectivity index (χ3n) is 9.92. The summed E-state index contributed by atoms with van der Waals surface area (Å²) in [4.78, 5) is 46.2. The maximum absolute atomic E-state index is 14.9. The predicted molar refractivity (Wildman–Crippen MR) is 162 cm³/mol. The summed E-state index contributed by atoms with van der Waals surface area (Å²) < 4.78 is 12.4. The van der Waals surface area contributed by atoms with Gasteiger partial charge in [-0.15, -0.1) is 6.58 Å². The number of fused-ring (bicyclic) bond motifs is 2. The van der Waals surface area contributed by atoms with Gasteiger partial charge in [-0.2, -0.15) is 0 Å². The van der Waals surface area contributed by atoms with E-state index in [2.05, 4.69) is 13.2 Å². The van der Waals surface area contributed by atoms with Gasteiger partial charge in [0, 0.05) is 12.2 Å². The molecule has 3 aliphatic heterocycles. The molecule has 7 atom stereocenters. The maximum Gasteiger partial charge on any atom is 0.313 e. The van der Waals surface area contributed by atoms with Crippen LogP contribution in [0.4, 0.5) is 5.69 Å². The Balaban J connectivity index is 1.65. The standard InChI is InChI=1S/C34H42N2O6/c1-6-18-35(25-15-14-23-12-10-11-13-24(23)20-25)31(39)29-34-17-16-33(9-4,42-34)28(32(40)41-19-7-2)27(34)30(38)36(29)26(21-37)22(5)8-3/h6-7,10-15,20,22,26-29,37H,1-2,8-9,16-19,21H2,3-5H3/t22-,26-,27-,28-,29?,33+,34?/m0/s1. The van der Waals surface area contributed by atoms with Gasteiger partial charge in [0.05, 0.1) is 24.2 Å². The van der Waals surface area contributed by atoms with Crippen LogP contribution in [0.2, 0.25) is 0 Å². The van der Waals surface area contributed by atoms with Crippen LogP contribution < -0.4 is 4.90 Å². The van der Waals surface area contributed by atoms with Gasteiger partial charge in [0.15, 0.2) is 0 Å². The molecule has 3 fully saturated rings. The first kappa shape index (κ1) is 30.0. The summed E-state index contributed by atoms with van der Waals surface area (Å²) in [5, 5.41) is 12.6. The number of esters is 1. The smallest absolute Gasteiger partial charge is 0.313 e. The fourth-order valence-electron chi connectivity index (χ4n) is 7.64. The molecule has 8 heteroatoms. The maximum atomic E-state index is 14.9. The van der Waals surface area contributed by atoms with Gasteiger partial charge in [0.25, 0.3) is 5.91 Å². The van der Waals surface area contributed by atoms with Gasteiger partial charge in [0.1, 0.15) is 24.2 Å². The highest BCUT2D eigenvalue weighted by molar-refractivity contribution is 6.05. The fourth-order valence-corrected chi connectivity index (χ4v) is 7.64. The molecule has 2 aromatic rings. The van der Waals surface area contributed by atoms with Gasteiger partial charge < -0.3 is 24.4 Å². The number of aliphatic hydroxyl groups is 1. The van der Waals surface area contributed by atoms with E-state index < -0.39 is 41.1 Å². The van der Waals surface area contributed by atoms with Crippen molar-refractivity contribution in [3.8, 4) is 0 Å². The average Bonchev–Trinajstić information content (AvgIpc) is 3.62. The summed E-state index contributed by atoms with van der Waals surface area (Å²) in [7, 11) is 0. The number of likely N-dealkylation sites (tertiary alicyclic amines) is 1. The number of anilines is 1. The van der Waals surface area contributed by atoms with Crippen LogP contribution in [-0.2, 0) is 23.9 Å². The van der Waals surface area contributed by atoms with E-state index in [0.717, 1.165) is 10.8 Å². The molecule has 0 aliphatic carbocycles. The Labute approximate surface area is 248 Å². The van der Waals surface area contributed by atoms with Crippen LogP contribution >= 0.6 is 0 Å². The molecule has 3 saturated heterocycles. The Kier molecular flexibility index (Phi) is 8.32. The Bertz CT molecular complexity index is 1390. The van der Waals surface area contributed by atoms with Crippen molar-refractivity contribution in [1.82, 2.24) is 4.90 Å². The van der Waals surface area contributed by atoms with Crippen molar-refractivity contribution in [1.29, 1.82) is 0 Å². The summed E-state index contributed by atoms with van der Waals surface area (Å²) in [6, 6.07) is 12.1. The molecule has 2 amide bonds. The number of aliphatic hydroxyl groups excluding tert-OH is 1. The fraction of sp³-hybridized carbons (Fsp3) is 0.500. The zero-order valence-electron chi connectivity index (χ0n) is 24.8. The zero-order chi connectivity index (χ0) is 30.2. The van der Waals surface area contributed by atoms with Crippen molar-refractivity contribution >= 4 is 34.2 Å². The van der Waals surface area contributed by atoms with E-state index in [-0.39, 0.29) is 37.5 Å². The van der Waals surface area contributed by atoms with Gasteiger partial charge >= 0.3 is 5.97 Å². The number of amides is 2. The second kappa shape index (κ2) is 11.7. The predicted octanol–water partition coefficient (Wildman–Crippen LogP) is 4.65. The van der Waals surface area contributed by atoms with E-state index in [1.165, 1.54) is 6.08 Å². The molecule has 3 heterocycles. The lowest BCUT2D eigenvalue weighted by molar-refractivity contribution is -0.161. The molecule has 224 valence electrons. The van der Waals surface area contributed by atoms with E-state index in [1.807, 2.05) is 63.2 Å². The van der Waals surface area contributed by atoms with Crippen LogP contribution in [0.1, 0.15) is 46.5 Å². The largest absolute Gasteiger partial charge is 0.461 e. The molecule has 2 unspecified atom stereocenters. The van der Waals surface area contributed by atoms with E-state index in [9.17, 15) is 19.5 Å². The van der Waals surface area contributed by atoms with E-state index in [0.29, 0.717) is 31.4 Å². The number of carbonyl (C=O) groups is 3. The molecule has 42 heavy (non-hydrogen) atoms. The molecule has 3 aliphatic rings.